The van der Waals surface area contributed by atoms with Crippen LogP contribution in [0.25, 0.3) is 0 Å². The summed E-state index contributed by atoms with van der Waals surface area (Å²) in [5, 5.41) is 17.1. The molecule has 1 aromatic rings. The van der Waals surface area contributed by atoms with E-state index in [0.29, 0.717) is 0 Å². The van der Waals surface area contributed by atoms with Gasteiger partial charge in [-0.1, -0.05) is 0 Å². The highest BCUT2D eigenvalue weighted by Crippen LogP contribution is 2.11. The van der Waals surface area contributed by atoms with Gasteiger partial charge < -0.3 is 10.2 Å². The van der Waals surface area contributed by atoms with Gasteiger partial charge in [0.2, 0.25) is 0 Å². The zero-order valence-electron chi connectivity index (χ0n) is 7.62. The quantitative estimate of drug-likeness (QED) is 0.727. The van der Waals surface area contributed by atoms with Crippen LogP contribution in [0.4, 0.5) is 0 Å². The Morgan fingerprint density at radius 1 is 1.40 bits per heavy atom. The van der Waals surface area contributed by atoms with Crippen molar-refractivity contribution in [3.05, 3.63) is 24.0 Å². The van der Waals surface area contributed by atoms with Crippen LogP contribution in [0.15, 0.2) is 23.4 Å². The number of sulfone groups is 1. The van der Waals surface area contributed by atoms with Gasteiger partial charge in [-0.05, 0) is 6.07 Å². The number of nitrogens with zero attached hydrogens (tertiary/aromatic N) is 1. The van der Waals surface area contributed by atoms with Crippen LogP contribution < -0.4 is 0 Å². The second-order valence-electron chi connectivity index (χ2n) is 2.76. The molecule has 0 atom stereocenters. The lowest BCUT2D eigenvalue weighted by Gasteiger charge is -2.02. The molecule has 0 unspecified atom stereocenters. The Bertz CT molecular complexity index is 468. The average molecular weight is 231 g/mol. The summed E-state index contributed by atoms with van der Waals surface area (Å²) in [4.78, 5) is 13.9. The molecule has 0 aliphatic rings. The van der Waals surface area contributed by atoms with Gasteiger partial charge in [0.25, 0.3) is 0 Å². The van der Waals surface area contributed by atoms with E-state index in [1.54, 1.807) is 0 Å². The fourth-order valence-corrected chi connectivity index (χ4v) is 1.95. The highest BCUT2D eigenvalue weighted by atomic mass is 32.2. The second-order valence-corrected chi connectivity index (χ2v) is 4.87. The number of carboxylic acids is 1. The zero-order valence-corrected chi connectivity index (χ0v) is 8.44. The molecule has 0 saturated heterocycles. The Kier molecular flexibility index (Phi) is 3.38. The first kappa shape index (κ1) is 11.6. The van der Waals surface area contributed by atoms with Gasteiger partial charge in [0.1, 0.15) is 0 Å². The van der Waals surface area contributed by atoms with E-state index in [4.69, 9.17) is 10.2 Å². The van der Waals surface area contributed by atoms with Crippen molar-refractivity contribution < 1.29 is 23.4 Å². The van der Waals surface area contributed by atoms with E-state index in [1.807, 2.05) is 0 Å². The number of aromatic nitrogens is 1. The minimum Gasteiger partial charge on any atom is -0.478 e. The van der Waals surface area contributed by atoms with Gasteiger partial charge in [-0.2, -0.15) is 0 Å². The molecule has 15 heavy (non-hydrogen) atoms. The van der Waals surface area contributed by atoms with E-state index in [9.17, 15) is 13.2 Å². The first-order chi connectivity index (χ1) is 6.97. The van der Waals surface area contributed by atoms with Crippen LogP contribution >= 0.6 is 0 Å². The molecule has 0 amide bonds. The van der Waals surface area contributed by atoms with Crippen LogP contribution in [0.5, 0.6) is 0 Å². The minimum atomic E-state index is -3.64. The van der Waals surface area contributed by atoms with Crippen molar-refractivity contribution in [1.82, 2.24) is 4.98 Å². The summed E-state index contributed by atoms with van der Waals surface area (Å²) in [5.41, 5.74) is -0.200. The lowest BCUT2D eigenvalue weighted by Crippen LogP contribution is -2.11. The van der Waals surface area contributed by atoms with Crippen LogP contribution in [0.2, 0.25) is 0 Å². The van der Waals surface area contributed by atoms with Crippen molar-refractivity contribution in [1.29, 1.82) is 0 Å². The number of hydrogen-bond acceptors (Lipinski definition) is 5. The standard InChI is InChI=1S/C8H9NO5S/c10-1-2-15(13,14)7-3-6(8(11)12)4-9-5-7/h3-5,10H,1-2H2,(H,11,12). The number of aliphatic hydroxyl groups is 1. The van der Waals surface area contributed by atoms with Crippen molar-refractivity contribution in [3.63, 3.8) is 0 Å². The topological polar surface area (TPSA) is 105 Å². The van der Waals surface area contributed by atoms with Gasteiger partial charge in [-0.3, -0.25) is 4.98 Å². The van der Waals surface area contributed by atoms with Crippen LogP contribution in [-0.4, -0.2) is 41.9 Å². The summed E-state index contributed by atoms with van der Waals surface area (Å²) in [5.74, 6) is -1.69. The fourth-order valence-electron chi connectivity index (χ4n) is 0.944. The number of carboxylic acid groups (broad SMARTS) is 1. The lowest BCUT2D eigenvalue weighted by molar-refractivity contribution is 0.0696. The monoisotopic (exact) mass is 231 g/mol. The van der Waals surface area contributed by atoms with Crippen LogP contribution in [0, 0.1) is 0 Å². The molecule has 1 rings (SSSR count). The summed E-state index contributed by atoms with van der Waals surface area (Å²) >= 11 is 0. The Morgan fingerprint density at radius 2 is 2.07 bits per heavy atom. The molecule has 1 aromatic heterocycles. The number of pyridine rings is 1. The van der Waals surface area contributed by atoms with Gasteiger partial charge in [0.05, 0.1) is 22.8 Å². The number of rotatable bonds is 4. The predicted octanol–water partition coefficient (Wildman–Crippen LogP) is -0.454. The Balaban J connectivity index is 3.16. The molecule has 0 spiro atoms. The van der Waals surface area contributed by atoms with Crippen LogP contribution in [-0.2, 0) is 9.84 Å². The van der Waals surface area contributed by atoms with E-state index in [2.05, 4.69) is 4.98 Å². The van der Waals surface area contributed by atoms with E-state index >= 15 is 0 Å². The van der Waals surface area contributed by atoms with Crippen molar-refractivity contribution in [3.8, 4) is 0 Å². The molecule has 0 aromatic carbocycles. The lowest BCUT2D eigenvalue weighted by atomic mass is 10.3. The van der Waals surface area contributed by atoms with Crippen molar-refractivity contribution in [2.24, 2.45) is 0 Å². The number of hydrogen-bond donors (Lipinski definition) is 2. The molecule has 82 valence electrons. The number of aliphatic hydroxyl groups excluding tert-OH is 1. The molecule has 0 saturated carbocycles. The summed E-state index contributed by atoms with van der Waals surface area (Å²) < 4.78 is 22.8. The normalized spacial score (nSPS) is 11.3. The van der Waals surface area contributed by atoms with Gasteiger partial charge >= 0.3 is 5.97 Å². The highest BCUT2D eigenvalue weighted by Gasteiger charge is 2.16. The third-order valence-corrected chi connectivity index (χ3v) is 3.34. The molecule has 0 aliphatic carbocycles. The number of carbonyl (C=O) groups is 1. The van der Waals surface area contributed by atoms with E-state index in [0.717, 1.165) is 18.5 Å². The van der Waals surface area contributed by atoms with Gasteiger partial charge in [0, 0.05) is 12.4 Å². The van der Waals surface area contributed by atoms with Gasteiger partial charge in [-0.25, -0.2) is 13.2 Å². The second kappa shape index (κ2) is 4.37. The van der Waals surface area contributed by atoms with Crippen LogP contribution in [0.1, 0.15) is 10.4 Å². The molecular formula is C8H9NO5S. The van der Waals surface area contributed by atoms with Crippen molar-refractivity contribution in [2.45, 2.75) is 4.90 Å². The molecule has 1 heterocycles. The van der Waals surface area contributed by atoms with E-state index in [-0.39, 0.29) is 10.5 Å². The largest absolute Gasteiger partial charge is 0.478 e. The third kappa shape index (κ3) is 2.74. The zero-order chi connectivity index (χ0) is 11.5. The molecule has 0 fully saturated rings. The Labute approximate surface area is 86.1 Å². The maximum atomic E-state index is 11.4. The molecule has 0 radical (unpaired) electrons. The fraction of sp³-hybridized carbons (Fsp3) is 0.250. The summed E-state index contributed by atoms with van der Waals surface area (Å²) in [6, 6.07) is 1.01. The SMILES string of the molecule is O=C(O)c1cncc(S(=O)(=O)CCO)c1. The predicted molar refractivity (Wildman–Crippen MR) is 50.3 cm³/mol. The summed E-state index contributed by atoms with van der Waals surface area (Å²) in [7, 11) is -3.64. The Morgan fingerprint density at radius 3 is 2.60 bits per heavy atom. The molecule has 2 N–H and O–H groups in total. The molecule has 0 aliphatic heterocycles. The maximum Gasteiger partial charge on any atom is 0.337 e. The highest BCUT2D eigenvalue weighted by molar-refractivity contribution is 7.91. The molecule has 0 bridgehead atoms. The van der Waals surface area contributed by atoms with Crippen molar-refractivity contribution >= 4 is 15.8 Å². The van der Waals surface area contributed by atoms with Gasteiger partial charge in [-0.15, -0.1) is 0 Å². The van der Waals surface area contributed by atoms with E-state index in [1.165, 1.54) is 0 Å². The smallest absolute Gasteiger partial charge is 0.337 e. The minimum absolute atomic E-state index is 0.198. The molecular weight excluding hydrogens is 222 g/mol. The first-order valence-electron chi connectivity index (χ1n) is 3.99. The summed E-state index contributed by atoms with van der Waals surface area (Å²) in [6.45, 7) is -0.514. The first-order valence-corrected chi connectivity index (χ1v) is 5.64. The van der Waals surface area contributed by atoms with Gasteiger partial charge in [0.15, 0.2) is 9.84 Å². The summed E-state index contributed by atoms with van der Waals surface area (Å²) in [6.07, 6.45) is 2.11. The molecule has 6 nitrogen and oxygen atoms in total. The van der Waals surface area contributed by atoms with Crippen molar-refractivity contribution in [2.75, 3.05) is 12.4 Å². The average Bonchev–Trinajstić information content (AvgIpc) is 2.18. The Hall–Kier alpha value is -1.47. The number of aromatic carboxylic acids is 1. The van der Waals surface area contributed by atoms with Crippen LogP contribution in [0.3, 0.4) is 0 Å². The molecule has 7 heteroatoms. The maximum absolute atomic E-state index is 11.4. The van der Waals surface area contributed by atoms with E-state index < -0.39 is 28.2 Å². The third-order valence-electron chi connectivity index (χ3n) is 1.68.